The second kappa shape index (κ2) is 9.47. The van der Waals surface area contributed by atoms with Crippen molar-refractivity contribution in [3.05, 3.63) is 12.7 Å². The van der Waals surface area contributed by atoms with Crippen molar-refractivity contribution < 1.29 is 5.11 Å². The molecule has 0 aliphatic heterocycles. The van der Waals surface area contributed by atoms with E-state index in [2.05, 4.69) is 33.4 Å². The summed E-state index contributed by atoms with van der Waals surface area (Å²) in [6.45, 7) is 11.1. The van der Waals surface area contributed by atoms with Crippen molar-refractivity contribution in [3.8, 4) is 0 Å². The molecule has 0 saturated heterocycles. The Morgan fingerprint density at radius 1 is 1.07 bits per heavy atom. The van der Waals surface area contributed by atoms with E-state index in [-0.39, 0.29) is 6.10 Å². The fraction of sp³-hybridized carbons (Fsp3) is 0.923. The third-order valence-electron chi connectivity index (χ3n) is 9.24. The highest BCUT2D eigenvalue weighted by Crippen LogP contribution is 2.60. The second-order valence-corrected chi connectivity index (χ2v) is 10.8. The molecule has 0 heterocycles. The van der Waals surface area contributed by atoms with E-state index in [0.29, 0.717) is 11.3 Å². The number of hydrogen-bond acceptors (Lipinski definition) is 1. The van der Waals surface area contributed by atoms with Crippen LogP contribution < -0.4 is 0 Å². The molecule has 0 aromatic heterocycles. The van der Waals surface area contributed by atoms with Crippen LogP contribution in [0.2, 0.25) is 0 Å². The average Bonchev–Trinajstić information content (AvgIpc) is 2.85. The van der Waals surface area contributed by atoms with Gasteiger partial charge in [0.05, 0.1) is 6.10 Å². The molecule has 1 N–H and O–H groups in total. The van der Waals surface area contributed by atoms with Crippen LogP contribution in [0.5, 0.6) is 0 Å². The minimum Gasteiger partial charge on any atom is -0.393 e. The Labute approximate surface area is 169 Å². The Bertz CT molecular complexity index is 469. The van der Waals surface area contributed by atoms with E-state index in [1.54, 1.807) is 0 Å². The largest absolute Gasteiger partial charge is 0.393 e. The molecule has 0 radical (unpaired) electrons. The molecule has 27 heavy (non-hydrogen) atoms. The Balaban J connectivity index is 1.81. The van der Waals surface area contributed by atoms with Crippen molar-refractivity contribution in [2.45, 2.75) is 110 Å². The summed E-state index contributed by atoms with van der Waals surface area (Å²) < 4.78 is 0. The predicted molar refractivity (Wildman–Crippen MR) is 117 cm³/mol. The summed E-state index contributed by atoms with van der Waals surface area (Å²) >= 11 is 0. The number of fused-ring (bicyclic) bond motifs is 1. The number of unbranched alkanes of at least 4 members (excludes halogenated alkanes) is 1. The highest BCUT2D eigenvalue weighted by atomic mass is 16.3. The van der Waals surface area contributed by atoms with Crippen LogP contribution >= 0.6 is 0 Å². The lowest BCUT2D eigenvalue weighted by molar-refractivity contribution is -0.110. The molecule has 3 saturated carbocycles. The molecule has 0 bridgehead atoms. The predicted octanol–water partition coefficient (Wildman–Crippen LogP) is 7.39. The zero-order valence-electron chi connectivity index (χ0n) is 18.5. The van der Waals surface area contributed by atoms with Gasteiger partial charge < -0.3 is 5.11 Å². The van der Waals surface area contributed by atoms with Gasteiger partial charge >= 0.3 is 0 Å². The van der Waals surface area contributed by atoms with Gasteiger partial charge in [-0.05, 0) is 99.2 Å². The molecule has 4 unspecified atom stereocenters. The quantitative estimate of drug-likeness (QED) is 0.292. The van der Waals surface area contributed by atoms with Crippen molar-refractivity contribution in [1.82, 2.24) is 0 Å². The van der Waals surface area contributed by atoms with Crippen LogP contribution in [-0.4, -0.2) is 11.2 Å². The van der Waals surface area contributed by atoms with E-state index in [1.807, 2.05) is 0 Å². The van der Waals surface area contributed by atoms with Crippen LogP contribution in [-0.2, 0) is 0 Å². The van der Waals surface area contributed by atoms with Crippen molar-refractivity contribution >= 4 is 0 Å². The van der Waals surface area contributed by atoms with Crippen LogP contribution in [0.1, 0.15) is 104 Å². The normalized spacial score (nSPS) is 44.1. The standard InChI is InChI=1S/C26H46O/c1-5-6-7-12-23-22(21-11-8-10-19(2)15-16-21)17-18-26(4)24(20(3)27)13-9-14-25(23)26/h5,19-25,27H,1,6-18H2,2-4H3/t19-,20?,21-,22?,23-,24?,25?,26-/m1/s1. The molecule has 3 fully saturated rings. The van der Waals surface area contributed by atoms with Gasteiger partial charge in [0.25, 0.3) is 0 Å². The van der Waals surface area contributed by atoms with Crippen LogP contribution in [0, 0.1) is 40.9 Å². The monoisotopic (exact) mass is 374 g/mol. The number of hydrogen-bond donors (Lipinski definition) is 1. The molecular weight excluding hydrogens is 328 g/mol. The number of aliphatic hydroxyl groups excluding tert-OH is 1. The number of allylic oxidation sites excluding steroid dienone is 1. The first kappa shape index (κ1) is 21.4. The van der Waals surface area contributed by atoms with E-state index in [0.717, 1.165) is 29.6 Å². The van der Waals surface area contributed by atoms with Crippen LogP contribution in [0.15, 0.2) is 12.7 Å². The van der Waals surface area contributed by atoms with Gasteiger partial charge in [-0.1, -0.05) is 52.0 Å². The summed E-state index contributed by atoms with van der Waals surface area (Å²) in [7, 11) is 0. The summed E-state index contributed by atoms with van der Waals surface area (Å²) in [5, 5.41) is 10.5. The summed E-state index contributed by atoms with van der Waals surface area (Å²) in [6.07, 6.45) is 20.0. The topological polar surface area (TPSA) is 20.2 Å². The third kappa shape index (κ3) is 4.65. The van der Waals surface area contributed by atoms with E-state index in [4.69, 9.17) is 0 Å². The van der Waals surface area contributed by atoms with Gasteiger partial charge in [-0.3, -0.25) is 0 Å². The molecule has 3 rings (SSSR count). The van der Waals surface area contributed by atoms with Gasteiger partial charge in [0.15, 0.2) is 0 Å². The van der Waals surface area contributed by atoms with Gasteiger partial charge in [0.1, 0.15) is 0 Å². The summed E-state index contributed by atoms with van der Waals surface area (Å²) in [6, 6.07) is 0. The molecule has 0 aromatic carbocycles. The van der Waals surface area contributed by atoms with E-state index >= 15 is 0 Å². The van der Waals surface area contributed by atoms with Crippen molar-refractivity contribution in [1.29, 1.82) is 0 Å². The smallest absolute Gasteiger partial charge is 0.0545 e. The third-order valence-corrected chi connectivity index (χ3v) is 9.24. The highest BCUT2D eigenvalue weighted by Gasteiger charge is 2.53. The average molecular weight is 375 g/mol. The zero-order chi connectivity index (χ0) is 19.4. The molecule has 3 aliphatic carbocycles. The molecule has 1 heteroatoms. The maximum atomic E-state index is 10.5. The van der Waals surface area contributed by atoms with Crippen LogP contribution in [0.3, 0.4) is 0 Å². The molecule has 0 aromatic rings. The second-order valence-electron chi connectivity index (χ2n) is 10.8. The SMILES string of the molecule is C=CCCC[C@@H]1C([C@@H]2CCC[C@@H](C)CC2)CC[C@]2(C)C(C(C)O)CCCC12. The number of rotatable bonds is 6. The zero-order valence-corrected chi connectivity index (χ0v) is 18.5. The molecule has 0 spiro atoms. The van der Waals surface area contributed by atoms with E-state index in [1.165, 1.54) is 83.5 Å². The van der Waals surface area contributed by atoms with Crippen LogP contribution in [0.4, 0.5) is 0 Å². The van der Waals surface area contributed by atoms with E-state index < -0.39 is 0 Å². The molecule has 8 atom stereocenters. The molecule has 0 amide bonds. The fourth-order valence-corrected chi connectivity index (χ4v) is 7.79. The first-order chi connectivity index (χ1) is 13.0. The summed E-state index contributed by atoms with van der Waals surface area (Å²) in [5.41, 5.74) is 0.375. The molecule has 3 aliphatic rings. The maximum Gasteiger partial charge on any atom is 0.0545 e. The maximum absolute atomic E-state index is 10.5. The molecular formula is C26H46O. The lowest BCUT2D eigenvalue weighted by atomic mass is 9.47. The van der Waals surface area contributed by atoms with Gasteiger partial charge in [0.2, 0.25) is 0 Å². The summed E-state index contributed by atoms with van der Waals surface area (Å²) in [4.78, 5) is 0. The summed E-state index contributed by atoms with van der Waals surface area (Å²) in [5.74, 6) is 5.12. The fourth-order valence-electron chi connectivity index (χ4n) is 7.79. The van der Waals surface area contributed by atoms with Gasteiger partial charge in [0, 0.05) is 0 Å². The van der Waals surface area contributed by atoms with Crippen molar-refractivity contribution in [2.75, 3.05) is 0 Å². The van der Waals surface area contributed by atoms with Crippen molar-refractivity contribution in [2.24, 2.45) is 40.9 Å². The van der Waals surface area contributed by atoms with Gasteiger partial charge in [-0.2, -0.15) is 0 Å². The van der Waals surface area contributed by atoms with Gasteiger partial charge in [-0.25, -0.2) is 0 Å². The Hall–Kier alpha value is -0.300. The van der Waals surface area contributed by atoms with Gasteiger partial charge in [-0.15, -0.1) is 6.58 Å². The minimum absolute atomic E-state index is 0.137. The number of aliphatic hydroxyl groups is 1. The highest BCUT2D eigenvalue weighted by molar-refractivity contribution is 5.02. The lowest BCUT2D eigenvalue weighted by Gasteiger charge is -2.58. The lowest BCUT2D eigenvalue weighted by Crippen LogP contribution is -2.52. The molecule has 156 valence electrons. The first-order valence-corrected chi connectivity index (χ1v) is 12.3. The van der Waals surface area contributed by atoms with Crippen molar-refractivity contribution in [3.63, 3.8) is 0 Å². The Kier molecular flexibility index (Phi) is 7.51. The first-order valence-electron chi connectivity index (χ1n) is 12.3. The molecule has 1 nitrogen and oxygen atoms in total. The Morgan fingerprint density at radius 2 is 1.85 bits per heavy atom. The van der Waals surface area contributed by atoms with E-state index in [9.17, 15) is 5.11 Å². The Morgan fingerprint density at radius 3 is 2.59 bits per heavy atom. The van der Waals surface area contributed by atoms with Crippen LogP contribution in [0.25, 0.3) is 0 Å². The minimum atomic E-state index is -0.137.